The molecule has 0 unspecified atom stereocenters. The molecule has 2 N–H and O–H groups in total. The predicted octanol–water partition coefficient (Wildman–Crippen LogP) is 3.96. The van der Waals surface area contributed by atoms with Gasteiger partial charge in [-0.15, -0.1) is 0 Å². The summed E-state index contributed by atoms with van der Waals surface area (Å²) in [5, 5.41) is 33.5. The van der Waals surface area contributed by atoms with Gasteiger partial charge in [-0.2, -0.15) is 0 Å². The van der Waals surface area contributed by atoms with E-state index < -0.39 is 4.92 Å². The van der Waals surface area contributed by atoms with Crippen LogP contribution in [-0.2, 0) is 12.8 Å². The fraction of sp³-hybridized carbons (Fsp3) is 0.100. The molecule has 1 aromatic heterocycles. The third-order valence-corrected chi connectivity index (χ3v) is 4.22. The lowest BCUT2D eigenvalue weighted by atomic mass is 9.95. The van der Waals surface area contributed by atoms with Gasteiger partial charge < -0.3 is 10.3 Å². The number of benzene rings is 2. The first-order valence-electron chi connectivity index (χ1n) is 8.25. The Balaban J connectivity index is 2.01. The summed E-state index contributed by atoms with van der Waals surface area (Å²) < 4.78 is 0. The number of pyridine rings is 1. The van der Waals surface area contributed by atoms with Crippen LogP contribution in [0.1, 0.15) is 16.7 Å². The first kappa shape index (κ1) is 18.1. The molecule has 0 aliphatic rings. The highest BCUT2D eigenvalue weighted by Crippen LogP contribution is 2.35. The maximum absolute atomic E-state index is 11.0. The summed E-state index contributed by atoms with van der Waals surface area (Å²) in [5.74, 6) is -0.0963. The first-order chi connectivity index (χ1) is 13.1. The summed E-state index contributed by atoms with van der Waals surface area (Å²) in [6.07, 6.45) is 6.04. The minimum Gasteiger partial charge on any atom is -0.507 e. The highest BCUT2D eigenvalue weighted by molar-refractivity contribution is 5.89. The van der Waals surface area contributed by atoms with Gasteiger partial charge in [0.05, 0.1) is 11.1 Å². The van der Waals surface area contributed by atoms with Gasteiger partial charge in [-0.05, 0) is 53.8 Å². The van der Waals surface area contributed by atoms with Gasteiger partial charge in [0.1, 0.15) is 5.75 Å². The molecule has 2 aromatic carbocycles. The van der Waals surface area contributed by atoms with Crippen LogP contribution in [0, 0.1) is 10.1 Å². The molecule has 136 valence electrons. The number of hydrogen-bond acceptors (Lipinski definition) is 6. The number of aromatic nitrogens is 1. The van der Waals surface area contributed by atoms with Crippen molar-refractivity contribution in [3.63, 3.8) is 0 Å². The Morgan fingerprint density at radius 1 is 1.07 bits per heavy atom. The molecular weight excluding hydrogens is 346 g/mol. The molecular formula is C20H17N3O4. The summed E-state index contributed by atoms with van der Waals surface area (Å²) in [5.41, 5.74) is 3.26. The maximum atomic E-state index is 11.0. The van der Waals surface area contributed by atoms with Crippen molar-refractivity contribution in [1.29, 1.82) is 0 Å². The lowest BCUT2D eigenvalue weighted by molar-refractivity contribution is -0.384. The molecule has 7 nitrogen and oxygen atoms in total. The van der Waals surface area contributed by atoms with Crippen LogP contribution in [0.4, 0.5) is 5.69 Å². The van der Waals surface area contributed by atoms with Gasteiger partial charge in [0.25, 0.3) is 5.69 Å². The van der Waals surface area contributed by atoms with Crippen molar-refractivity contribution in [3.8, 4) is 16.9 Å². The van der Waals surface area contributed by atoms with E-state index >= 15 is 0 Å². The van der Waals surface area contributed by atoms with Gasteiger partial charge in [0.2, 0.25) is 0 Å². The number of nitrogens with zero attached hydrogens (tertiary/aromatic N) is 3. The normalized spacial score (nSPS) is 11.0. The largest absolute Gasteiger partial charge is 0.507 e. The summed E-state index contributed by atoms with van der Waals surface area (Å²) in [6.45, 7) is 0. The van der Waals surface area contributed by atoms with E-state index in [1.165, 1.54) is 12.1 Å². The SMILES string of the molecule is O=[N+]([O-])c1cccc(-c2cc(CCc3ccncc3)cc(C=NO)c2O)c1. The quantitative estimate of drug-likeness (QED) is 0.298. The molecule has 27 heavy (non-hydrogen) atoms. The minimum atomic E-state index is -0.482. The molecule has 0 aliphatic carbocycles. The average molecular weight is 363 g/mol. The summed E-state index contributed by atoms with van der Waals surface area (Å²) >= 11 is 0. The van der Waals surface area contributed by atoms with E-state index in [1.54, 1.807) is 36.7 Å². The van der Waals surface area contributed by atoms with Crippen molar-refractivity contribution in [2.45, 2.75) is 12.8 Å². The molecule has 3 rings (SSSR count). The number of aromatic hydroxyl groups is 1. The van der Waals surface area contributed by atoms with Crippen LogP contribution in [0.5, 0.6) is 5.75 Å². The van der Waals surface area contributed by atoms with Crippen LogP contribution in [-0.4, -0.2) is 26.4 Å². The van der Waals surface area contributed by atoms with Crippen LogP contribution in [0.25, 0.3) is 11.1 Å². The maximum Gasteiger partial charge on any atom is 0.270 e. The third-order valence-electron chi connectivity index (χ3n) is 4.22. The number of phenols is 1. The van der Waals surface area contributed by atoms with Crippen LogP contribution < -0.4 is 0 Å². The molecule has 0 aliphatic heterocycles. The van der Waals surface area contributed by atoms with Gasteiger partial charge in [0, 0.05) is 35.7 Å². The fourth-order valence-electron chi connectivity index (χ4n) is 2.87. The van der Waals surface area contributed by atoms with Gasteiger partial charge in [0.15, 0.2) is 0 Å². The number of aryl methyl sites for hydroxylation is 2. The number of rotatable bonds is 6. The number of hydrogen-bond donors (Lipinski definition) is 2. The summed E-state index contributed by atoms with van der Waals surface area (Å²) in [4.78, 5) is 14.6. The van der Waals surface area contributed by atoms with Gasteiger partial charge in [-0.25, -0.2) is 0 Å². The molecule has 0 atom stereocenters. The van der Waals surface area contributed by atoms with Crippen LogP contribution in [0.2, 0.25) is 0 Å². The zero-order valence-corrected chi connectivity index (χ0v) is 14.3. The summed E-state index contributed by atoms with van der Waals surface area (Å²) in [7, 11) is 0. The highest BCUT2D eigenvalue weighted by Gasteiger charge is 2.14. The van der Waals surface area contributed by atoms with Crippen LogP contribution in [0.3, 0.4) is 0 Å². The standard InChI is InChI=1S/C20H17N3O4/c24-20-17(13-22-25)10-15(5-4-14-6-8-21-9-7-14)11-19(20)16-2-1-3-18(12-16)23(26)27/h1-3,6-13,24-25H,4-5H2. The first-order valence-corrected chi connectivity index (χ1v) is 8.25. The molecule has 1 heterocycles. The number of oxime groups is 1. The van der Waals surface area contributed by atoms with Crippen molar-refractivity contribution in [2.75, 3.05) is 0 Å². The second-order valence-electron chi connectivity index (χ2n) is 5.99. The Labute approximate surface area is 155 Å². The van der Waals surface area contributed by atoms with Crippen molar-refractivity contribution >= 4 is 11.9 Å². The third kappa shape index (κ3) is 4.27. The lowest BCUT2D eigenvalue weighted by Gasteiger charge is -2.11. The molecule has 0 saturated heterocycles. The molecule has 0 spiro atoms. The topological polar surface area (TPSA) is 109 Å². The Hall–Kier alpha value is -3.74. The zero-order valence-electron chi connectivity index (χ0n) is 14.3. The van der Waals surface area contributed by atoms with E-state index in [4.69, 9.17) is 5.21 Å². The zero-order chi connectivity index (χ0) is 19.2. The second kappa shape index (κ2) is 8.09. The fourth-order valence-corrected chi connectivity index (χ4v) is 2.87. The highest BCUT2D eigenvalue weighted by atomic mass is 16.6. The van der Waals surface area contributed by atoms with Crippen LogP contribution >= 0.6 is 0 Å². The van der Waals surface area contributed by atoms with Crippen molar-refractivity contribution < 1.29 is 15.2 Å². The number of nitro groups is 1. The van der Waals surface area contributed by atoms with Crippen molar-refractivity contribution in [2.24, 2.45) is 5.16 Å². The van der Waals surface area contributed by atoms with Crippen molar-refractivity contribution in [3.05, 3.63) is 87.7 Å². The number of nitro benzene ring substituents is 1. The van der Waals surface area contributed by atoms with Crippen LogP contribution in [0.15, 0.2) is 66.1 Å². The van der Waals surface area contributed by atoms with Gasteiger partial charge in [-0.3, -0.25) is 15.1 Å². The van der Waals surface area contributed by atoms with Gasteiger partial charge >= 0.3 is 0 Å². The second-order valence-corrected chi connectivity index (χ2v) is 5.99. The lowest BCUT2D eigenvalue weighted by Crippen LogP contribution is -1.96. The molecule has 0 saturated carbocycles. The average Bonchev–Trinajstić information content (AvgIpc) is 2.69. The van der Waals surface area contributed by atoms with E-state index in [9.17, 15) is 15.2 Å². The van der Waals surface area contributed by atoms with Gasteiger partial charge in [-0.1, -0.05) is 17.3 Å². The predicted molar refractivity (Wildman–Crippen MR) is 101 cm³/mol. The smallest absolute Gasteiger partial charge is 0.270 e. The molecule has 0 fully saturated rings. The molecule has 7 heteroatoms. The molecule has 0 radical (unpaired) electrons. The minimum absolute atomic E-state index is 0.0635. The van der Waals surface area contributed by atoms with E-state index in [2.05, 4.69) is 10.1 Å². The number of phenolic OH excluding ortho intramolecular Hbond substituents is 1. The molecule has 0 bridgehead atoms. The van der Waals surface area contributed by atoms with E-state index in [1.807, 2.05) is 12.1 Å². The Morgan fingerprint density at radius 3 is 2.52 bits per heavy atom. The Kier molecular flexibility index (Phi) is 5.41. The monoisotopic (exact) mass is 363 g/mol. The van der Waals surface area contributed by atoms with Crippen molar-refractivity contribution in [1.82, 2.24) is 4.98 Å². The van der Waals surface area contributed by atoms with E-state index in [0.29, 0.717) is 23.1 Å². The summed E-state index contributed by atoms with van der Waals surface area (Å²) in [6, 6.07) is 13.4. The molecule has 0 amide bonds. The molecule has 3 aromatic rings. The Bertz CT molecular complexity index is 988. The van der Waals surface area contributed by atoms with E-state index in [-0.39, 0.29) is 11.4 Å². The number of non-ortho nitro benzene ring substituents is 1. The van der Waals surface area contributed by atoms with E-state index in [0.717, 1.165) is 23.8 Å². The Morgan fingerprint density at radius 2 is 1.81 bits per heavy atom.